The highest BCUT2D eigenvalue weighted by Crippen LogP contribution is 2.30. The quantitative estimate of drug-likeness (QED) is 0.805. The third-order valence-corrected chi connectivity index (χ3v) is 4.07. The standard InChI is InChI=1S/C20H17NO3/c22-20(16-10-9-14-5-1-2-6-15(14)11-16)21-12-17-13-23-18-7-3-4-8-19(18)24-17/h1-11,17H,12-13H2,(H,21,22)/t17-/m0/s1. The number of nitrogens with one attached hydrogen (secondary N) is 1. The van der Waals surface area contributed by atoms with Gasteiger partial charge < -0.3 is 14.8 Å². The topological polar surface area (TPSA) is 47.6 Å². The lowest BCUT2D eigenvalue weighted by atomic mass is 10.1. The summed E-state index contributed by atoms with van der Waals surface area (Å²) in [6, 6.07) is 21.2. The summed E-state index contributed by atoms with van der Waals surface area (Å²) < 4.78 is 11.5. The maximum atomic E-state index is 12.4. The Hall–Kier alpha value is -3.01. The van der Waals surface area contributed by atoms with Crippen molar-refractivity contribution in [2.45, 2.75) is 6.10 Å². The molecule has 4 rings (SSSR count). The maximum absolute atomic E-state index is 12.4. The van der Waals surface area contributed by atoms with Crippen LogP contribution in [0.1, 0.15) is 10.4 Å². The highest BCUT2D eigenvalue weighted by atomic mass is 16.6. The predicted octanol–water partition coefficient (Wildman–Crippen LogP) is 3.41. The summed E-state index contributed by atoms with van der Waals surface area (Å²) in [5, 5.41) is 5.09. The van der Waals surface area contributed by atoms with E-state index in [1.54, 1.807) is 0 Å². The summed E-state index contributed by atoms with van der Waals surface area (Å²) in [7, 11) is 0. The number of carbonyl (C=O) groups excluding carboxylic acids is 1. The molecule has 0 saturated heterocycles. The van der Waals surface area contributed by atoms with Crippen LogP contribution in [0.2, 0.25) is 0 Å². The molecule has 0 fully saturated rings. The van der Waals surface area contributed by atoms with Gasteiger partial charge in [0.25, 0.3) is 5.91 Å². The molecule has 0 spiro atoms. The second-order valence-corrected chi connectivity index (χ2v) is 5.77. The van der Waals surface area contributed by atoms with Crippen LogP contribution in [0.4, 0.5) is 0 Å². The van der Waals surface area contributed by atoms with Crippen molar-refractivity contribution in [3.05, 3.63) is 72.3 Å². The molecule has 1 aliphatic heterocycles. The van der Waals surface area contributed by atoms with Crippen LogP contribution in [-0.4, -0.2) is 25.2 Å². The summed E-state index contributed by atoms with van der Waals surface area (Å²) in [4.78, 5) is 12.4. The third-order valence-electron chi connectivity index (χ3n) is 4.07. The summed E-state index contributed by atoms with van der Waals surface area (Å²) >= 11 is 0. The highest BCUT2D eigenvalue weighted by Gasteiger charge is 2.21. The van der Waals surface area contributed by atoms with Gasteiger partial charge in [0.2, 0.25) is 0 Å². The number of rotatable bonds is 3. The number of para-hydroxylation sites is 2. The van der Waals surface area contributed by atoms with Gasteiger partial charge in [0.05, 0.1) is 6.54 Å². The molecule has 3 aromatic carbocycles. The van der Waals surface area contributed by atoms with Crippen molar-refractivity contribution < 1.29 is 14.3 Å². The maximum Gasteiger partial charge on any atom is 0.251 e. The Morgan fingerprint density at radius 1 is 0.958 bits per heavy atom. The van der Waals surface area contributed by atoms with E-state index in [0.717, 1.165) is 16.5 Å². The van der Waals surface area contributed by atoms with Crippen LogP contribution in [0, 0.1) is 0 Å². The fourth-order valence-corrected chi connectivity index (χ4v) is 2.80. The van der Waals surface area contributed by atoms with Crippen molar-refractivity contribution >= 4 is 16.7 Å². The van der Waals surface area contributed by atoms with Crippen molar-refractivity contribution in [2.24, 2.45) is 0 Å². The summed E-state index contributed by atoms with van der Waals surface area (Å²) in [5.74, 6) is 1.35. The summed E-state index contributed by atoms with van der Waals surface area (Å²) in [6.07, 6.45) is -0.190. The van der Waals surface area contributed by atoms with Gasteiger partial charge in [0.15, 0.2) is 11.5 Å². The molecular weight excluding hydrogens is 302 g/mol. The van der Waals surface area contributed by atoms with Crippen LogP contribution in [0.3, 0.4) is 0 Å². The highest BCUT2D eigenvalue weighted by molar-refractivity contribution is 5.98. The third kappa shape index (κ3) is 2.91. The normalized spacial score (nSPS) is 15.9. The molecule has 0 aliphatic carbocycles. The Morgan fingerprint density at radius 2 is 1.71 bits per heavy atom. The lowest BCUT2D eigenvalue weighted by Crippen LogP contribution is -2.40. The minimum Gasteiger partial charge on any atom is -0.486 e. The van der Waals surface area contributed by atoms with Crippen LogP contribution in [-0.2, 0) is 0 Å². The van der Waals surface area contributed by atoms with Gasteiger partial charge in [-0.15, -0.1) is 0 Å². The molecule has 4 nitrogen and oxygen atoms in total. The van der Waals surface area contributed by atoms with E-state index < -0.39 is 0 Å². The molecule has 120 valence electrons. The van der Waals surface area contributed by atoms with Gasteiger partial charge in [-0.3, -0.25) is 4.79 Å². The number of benzene rings is 3. The molecule has 4 heteroatoms. The minimum absolute atomic E-state index is 0.108. The second kappa shape index (κ2) is 6.24. The molecular formula is C20H17NO3. The molecule has 0 aromatic heterocycles. The fraction of sp³-hybridized carbons (Fsp3) is 0.150. The van der Waals surface area contributed by atoms with E-state index in [2.05, 4.69) is 5.32 Å². The fourth-order valence-electron chi connectivity index (χ4n) is 2.80. The van der Waals surface area contributed by atoms with Gasteiger partial charge in [-0.05, 0) is 35.0 Å². The molecule has 0 saturated carbocycles. The zero-order valence-corrected chi connectivity index (χ0v) is 13.1. The molecule has 0 bridgehead atoms. The molecule has 1 amide bonds. The average molecular weight is 319 g/mol. The van der Waals surface area contributed by atoms with Crippen LogP contribution >= 0.6 is 0 Å². The van der Waals surface area contributed by atoms with Crippen molar-refractivity contribution in [3.63, 3.8) is 0 Å². The van der Waals surface area contributed by atoms with Gasteiger partial charge in [0.1, 0.15) is 12.7 Å². The van der Waals surface area contributed by atoms with E-state index in [0.29, 0.717) is 24.5 Å². The number of hydrogen-bond donors (Lipinski definition) is 1. The number of amides is 1. The zero-order chi connectivity index (χ0) is 16.4. The molecule has 0 unspecified atom stereocenters. The first kappa shape index (κ1) is 14.6. The van der Waals surface area contributed by atoms with E-state index in [9.17, 15) is 4.79 Å². The Labute approximate surface area is 140 Å². The van der Waals surface area contributed by atoms with E-state index in [1.807, 2.05) is 66.7 Å². The van der Waals surface area contributed by atoms with Crippen molar-refractivity contribution in [1.82, 2.24) is 5.32 Å². The number of ether oxygens (including phenoxy) is 2. The molecule has 24 heavy (non-hydrogen) atoms. The monoisotopic (exact) mass is 319 g/mol. The molecule has 0 radical (unpaired) electrons. The van der Waals surface area contributed by atoms with Gasteiger partial charge in [0, 0.05) is 5.56 Å². The predicted molar refractivity (Wildman–Crippen MR) is 92.6 cm³/mol. The number of fused-ring (bicyclic) bond motifs is 2. The second-order valence-electron chi connectivity index (χ2n) is 5.77. The van der Waals surface area contributed by atoms with Crippen molar-refractivity contribution in [2.75, 3.05) is 13.2 Å². The largest absolute Gasteiger partial charge is 0.486 e. The minimum atomic E-state index is -0.190. The van der Waals surface area contributed by atoms with Gasteiger partial charge in [-0.1, -0.05) is 42.5 Å². The number of carbonyl (C=O) groups is 1. The van der Waals surface area contributed by atoms with E-state index in [1.165, 1.54) is 0 Å². The van der Waals surface area contributed by atoms with Crippen molar-refractivity contribution in [3.8, 4) is 11.5 Å². The average Bonchev–Trinajstić information content (AvgIpc) is 2.65. The van der Waals surface area contributed by atoms with Gasteiger partial charge in [-0.2, -0.15) is 0 Å². The van der Waals surface area contributed by atoms with Crippen LogP contribution in [0.25, 0.3) is 10.8 Å². The van der Waals surface area contributed by atoms with E-state index >= 15 is 0 Å². The molecule has 1 aliphatic rings. The van der Waals surface area contributed by atoms with Crippen LogP contribution < -0.4 is 14.8 Å². The first-order valence-corrected chi connectivity index (χ1v) is 7.95. The molecule has 1 atom stereocenters. The first-order valence-electron chi connectivity index (χ1n) is 7.95. The van der Waals surface area contributed by atoms with E-state index in [-0.39, 0.29) is 12.0 Å². The van der Waals surface area contributed by atoms with Crippen LogP contribution in [0.15, 0.2) is 66.7 Å². The summed E-state index contributed by atoms with van der Waals surface area (Å²) in [6.45, 7) is 0.828. The zero-order valence-electron chi connectivity index (χ0n) is 13.1. The molecule has 1 heterocycles. The molecule has 1 N–H and O–H groups in total. The lowest BCUT2D eigenvalue weighted by molar-refractivity contribution is 0.0789. The van der Waals surface area contributed by atoms with E-state index in [4.69, 9.17) is 9.47 Å². The first-order chi connectivity index (χ1) is 11.8. The van der Waals surface area contributed by atoms with Gasteiger partial charge in [-0.25, -0.2) is 0 Å². The SMILES string of the molecule is O=C(NC[C@H]1COc2ccccc2O1)c1ccc2ccccc2c1. The number of hydrogen-bond acceptors (Lipinski definition) is 3. The summed E-state index contributed by atoms with van der Waals surface area (Å²) in [5.41, 5.74) is 0.644. The lowest BCUT2D eigenvalue weighted by Gasteiger charge is -2.26. The molecule has 3 aromatic rings. The van der Waals surface area contributed by atoms with Gasteiger partial charge >= 0.3 is 0 Å². The Morgan fingerprint density at radius 3 is 2.58 bits per heavy atom. The Kier molecular flexibility index (Phi) is 3.79. The van der Waals surface area contributed by atoms with Crippen molar-refractivity contribution in [1.29, 1.82) is 0 Å². The Bertz CT molecular complexity index is 891. The smallest absolute Gasteiger partial charge is 0.251 e. The Balaban J connectivity index is 1.41. The van der Waals surface area contributed by atoms with Crippen LogP contribution in [0.5, 0.6) is 11.5 Å².